The molecule has 1 aliphatic rings. The maximum Gasteiger partial charge on any atom is 0.275 e. The third kappa shape index (κ3) is 3.41. The van der Waals surface area contributed by atoms with Gasteiger partial charge in [0.1, 0.15) is 5.69 Å². The highest BCUT2D eigenvalue weighted by atomic mass is 16.5. The Bertz CT molecular complexity index is 735. The summed E-state index contributed by atoms with van der Waals surface area (Å²) in [5.74, 6) is 0.709. The summed E-state index contributed by atoms with van der Waals surface area (Å²) in [4.78, 5) is 17.1. The molecule has 0 radical (unpaired) electrons. The molecule has 0 aromatic carbocycles. The van der Waals surface area contributed by atoms with Gasteiger partial charge < -0.3 is 14.8 Å². The Morgan fingerprint density at radius 2 is 2.04 bits per heavy atom. The van der Waals surface area contributed by atoms with Crippen LogP contribution in [0.5, 0.6) is 5.75 Å². The molecule has 1 aliphatic heterocycles. The minimum atomic E-state index is -0.238. The summed E-state index contributed by atoms with van der Waals surface area (Å²) in [5.41, 5.74) is 2.15. The zero-order valence-corrected chi connectivity index (χ0v) is 14.2. The largest absolute Gasteiger partial charge is 0.493 e. The fourth-order valence-corrected chi connectivity index (χ4v) is 2.86. The van der Waals surface area contributed by atoms with Crippen molar-refractivity contribution in [3.8, 4) is 5.75 Å². The summed E-state index contributed by atoms with van der Waals surface area (Å²) in [6, 6.07) is 5.61. The number of amides is 1. The third-order valence-electron chi connectivity index (χ3n) is 4.08. The molecule has 0 atom stereocenters. The number of carbonyl (C=O) groups is 1. The Hall–Kier alpha value is -2.41. The average Bonchev–Trinajstić information content (AvgIpc) is 2.98. The number of methoxy groups -OCH3 is 1. The summed E-state index contributed by atoms with van der Waals surface area (Å²) in [6.07, 6.45) is 1.71. The highest BCUT2D eigenvalue weighted by Gasteiger charge is 2.23. The summed E-state index contributed by atoms with van der Waals surface area (Å²) >= 11 is 0. The second kappa shape index (κ2) is 7.00. The van der Waals surface area contributed by atoms with E-state index in [0.29, 0.717) is 30.5 Å². The normalized spacial score (nSPS) is 15.3. The minimum Gasteiger partial charge on any atom is -0.493 e. The number of carbonyl (C=O) groups excluding carboxylic acids is 1. The number of anilines is 1. The van der Waals surface area contributed by atoms with Gasteiger partial charge in [-0.2, -0.15) is 5.10 Å². The summed E-state index contributed by atoms with van der Waals surface area (Å²) in [5, 5.41) is 7.35. The quantitative estimate of drug-likeness (QED) is 0.932. The van der Waals surface area contributed by atoms with Crippen molar-refractivity contribution in [3.05, 3.63) is 35.3 Å². The van der Waals surface area contributed by atoms with Crippen LogP contribution in [-0.4, -0.2) is 41.0 Å². The van der Waals surface area contributed by atoms with Crippen LogP contribution in [0, 0.1) is 13.8 Å². The predicted molar refractivity (Wildman–Crippen MR) is 89.5 cm³/mol. The molecule has 24 heavy (non-hydrogen) atoms. The van der Waals surface area contributed by atoms with Gasteiger partial charge in [-0.25, -0.2) is 4.98 Å². The lowest BCUT2D eigenvalue weighted by atomic mass is 10.1. The van der Waals surface area contributed by atoms with Crippen molar-refractivity contribution in [2.24, 2.45) is 0 Å². The van der Waals surface area contributed by atoms with Crippen molar-refractivity contribution < 1.29 is 14.3 Å². The molecular formula is C17H22N4O3. The molecule has 3 rings (SSSR count). The number of pyridine rings is 1. The summed E-state index contributed by atoms with van der Waals surface area (Å²) in [7, 11) is 1.55. The average molecular weight is 330 g/mol. The van der Waals surface area contributed by atoms with Crippen LogP contribution in [0.15, 0.2) is 18.2 Å². The fourth-order valence-electron chi connectivity index (χ4n) is 2.86. The lowest BCUT2D eigenvalue weighted by molar-refractivity contribution is 0.0646. The Morgan fingerprint density at radius 1 is 1.29 bits per heavy atom. The number of nitrogens with one attached hydrogen (secondary N) is 1. The van der Waals surface area contributed by atoms with Crippen LogP contribution >= 0.6 is 0 Å². The number of hydrogen-bond acceptors (Lipinski definition) is 5. The lowest BCUT2D eigenvalue weighted by Crippen LogP contribution is -2.26. The van der Waals surface area contributed by atoms with Crippen molar-refractivity contribution in [3.63, 3.8) is 0 Å². The molecule has 7 heteroatoms. The van der Waals surface area contributed by atoms with Gasteiger partial charge in [0.2, 0.25) is 0 Å². The Labute approximate surface area is 141 Å². The lowest BCUT2D eigenvalue weighted by Gasteiger charge is -2.24. The van der Waals surface area contributed by atoms with E-state index in [4.69, 9.17) is 9.47 Å². The zero-order valence-electron chi connectivity index (χ0n) is 14.2. The topological polar surface area (TPSA) is 78.3 Å². The Balaban J connectivity index is 1.86. The van der Waals surface area contributed by atoms with Crippen LogP contribution in [0.3, 0.4) is 0 Å². The van der Waals surface area contributed by atoms with Gasteiger partial charge in [-0.1, -0.05) is 0 Å². The monoisotopic (exact) mass is 330 g/mol. The fraction of sp³-hybridized carbons (Fsp3) is 0.471. The molecule has 0 spiro atoms. The van der Waals surface area contributed by atoms with E-state index in [9.17, 15) is 4.79 Å². The maximum absolute atomic E-state index is 12.8. The van der Waals surface area contributed by atoms with Crippen LogP contribution in [0.25, 0.3) is 0 Å². The first-order chi connectivity index (χ1) is 11.6. The van der Waals surface area contributed by atoms with E-state index in [1.54, 1.807) is 19.2 Å². The first-order valence-corrected chi connectivity index (χ1v) is 8.05. The van der Waals surface area contributed by atoms with E-state index in [-0.39, 0.29) is 11.9 Å². The van der Waals surface area contributed by atoms with Gasteiger partial charge >= 0.3 is 0 Å². The van der Waals surface area contributed by atoms with E-state index >= 15 is 0 Å². The van der Waals surface area contributed by atoms with Crippen LogP contribution in [0.2, 0.25) is 0 Å². The number of aryl methyl sites for hydroxylation is 2. The number of hydrogen-bond donors (Lipinski definition) is 1. The molecule has 1 saturated heterocycles. The van der Waals surface area contributed by atoms with Crippen molar-refractivity contribution in [1.82, 2.24) is 14.8 Å². The zero-order chi connectivity index (χ0) is 17.1. The van der Waals surface area contributed by atoms with Gasteiger partial charge in [-0.3, -0.25) is 9.48 Å². The molecule has 0 aliphatic carbocycles. The molecular weight excluding hydrogens is 308 g/mol. The van der Waals surface area contributed by atoms with Crippen molar-refractivity contribution in [2.45, 2.75) is 32.7 Å². The van der Waals surface area contributed by atoms with Gasteiger partial charge in [-0.15, -0.1) is 0 Å². The van der Waals surface area contributed by atoms with Gasteiger partial charge in [0.05, 0.1) is 18.8 Å². The predicted octanol–water partition coefficient (Wildman–Crippen LogP) is 2.51. The summed E-state index contributed by atoms with van der Waals surface area (Å²) < 4.78 is 12.5. The van der Waals surface area contributed by atoms with Crippen LogP contribution in [-0.2, 0) is 4.74 Å². The maximum atomic E-state index is 12.8. The van der Waals surface area contributed by atoms with E-state index < -0.39 is 0 Å². The number of ether oxygens (including phenoxy) is 2. The van der Waals surface area contributed by atoms with Crippen molar-refractivity contribution >= 4 is 11.7 Å². The first kappa shape index (κ1) is 16.4. The van der Waals surface area contributed by atoms with E-state index in [2.05, 4.69) is 15.4 Å². The van der Waals surface area contributed by atoms with Crippen LogP contribution in [0.4, 0.5) is 5.82 Å². The molecule has 1 N–H and O–H groups in total. The van der Waals surface area contributed by atoms with Gasteiger partial charge in [-0.05, 0) is 44.9 Å². The first-order valence-electron chi connectivity index (χ1n) is 8.05. The highest BCUT2D eigenvalue weighted by Crippen LogP contribution is 2.25. The smallest absolute Gasteiger partial charge is 0.275 e. The van der Waals surface area contributed by atoms with Crippen LogP contribution in [0.1, 0.15) is 40.8 Å². The molecule has 1 fully saturated rings. The van der Waals surface area contributed by atoms with Crippen molar-refractivity contribution in [2.75, 3.05) is 25.6 Å². The molecule has 7 nitrogen and oxygen atoms in total. The van der Waals surface area contributed by atoms with Crippen LogP contribution < -0.4 is 10.1 Å². The second-order valence-electron chi connectivity index (χ2n) is 5.92. The highest BCUT2D eigenvalue weighted by molar-refractivity contribution is 6.03. The number of rotatable bonds is 4. The molecule has 2 aromatic heterocycles. The van der Waals surface area contributed by atoms with E-state index in [1.807, 2.05) is 24.6 Å². The van der Waals surface area contributed by atoms with Gasteiger partial charge in [0, 0.05) is 18.9 Å². The van der Waals surface area contributed by atoms with Gasteiger partial charge in [0.25, 0.3) is 5.91 Å². The number of nitrogens with zero attached hydrogens (tertiary/aromatic N) is 3. The molecule has 0 saturated carbocycles. The summed E-state index contributed by atoms with van der Waals surface area (Å²) in [6.45, 7) is 5.14. The number of aromatic nitrogens is 3. The molecule has 128 valence electrons. The van der Waals surface area contributed by atoms with E-state index in [1.165, 1.54) is 0 Å². The Morgan fingerprint density at radius 3 is 2.75 bits per heavy atom. The third-order valence-corrected chi connectivity index (χ3v) is 4.08. The Kier molecular flexibility index (Phi) is 4.80. The molecule has 2 aromatic rings. The SMILES string of the molecule is COc1ccc(C)nc1NC(=O)c1cc(C)nn1C1CCOCC1. The molecule has 0 bridgehead atoms. The molecule has 3 heterocycles. The second-order valence-corrected chi connectivity index (χ2v) is 5.92. The van der Waals surface area contributed by atoms with E-state index in [0.717, 1.165) is 24.2 Å². The van der Waals surface area contributed by atoms with Gasteiger partial charge in [0.15, 0.2) is 11.6 Å². The molecule has 1 amide bonds. The van der Waals surface area contributed by atoms with Crippen molar-refractivity contribution in [1.29, 1.82) is 0 Å². The molecule has 0 unspecified atom stereocenters. The minimum absolute atomic E-state index is 0.181. The standard InChI is InChI=1S/C17H22N4O3/c1-11-4-5-15(23-3)16(18-11)19-17(22)14-10-12(2)20-21(14)13-6-8-24-9-7-13/h4-5,10,13H,6-9H2,1-3H3,(H,18,19,22).